The molecule has 3 N–H and O–H groups in total. The van der Waals surface area contributed by atoms with Crippen molar-refractivity contribution in [2.45, 2.75) is 45.2 Å². The molecule has 0 saturated carbocycles. The largest absolute Gasteiger partial charge is 0.409 e. The van der Waals surface area contributed by atoms with Gasteiger partial charge in [0.2, 0.25) is 0 Å². The van der Waals surface area contributed by atoms with Crippen LogP contribution in [0.4, 0.5) is 5.82 Å². The molecule has 2 atom stereocenters. The van der Waals surface area contributed by atoms with Crippen molar-refractivity contribution in [1.29, 1.82) is 0 Å². The Labute approximate surface area is 107 Å². The van der Waals surface area contributed by atoms with Crippen LogP contribution in [0.2, 0.25) is 0 Å². The molecule has 0 amide bonds. The normalized spacial score (nSPS) is 24.6. The van der Waals surface area contributed by atoms with E-state index < -0.39 is 0 Å². The van der Waals surface area contributed by atoms with Crippen molar-refractivity contribution in [3.63, 3.8) is 0 Å². The predicted molar refractivity (Wildman–Crippen MR) is 72.0 cm³/mol. The van der Waals surface area contributed by atoms with Crippen LogP contribution in [-0.2, 0) is 0 Å². The molecule has 5 nitrogen and oxygen atoms in total. The van der Waals surface area contributed by atoms with Crippen molar-refractivity contribution < 1.29 is 5.21 Å². The van der Waals surface area contributed by atoms with Gasteiger partial charge in [0.1, 0.15) is 11.5 Å². The van der Waals surface area contributed by atoms with Crippen molar-refractivity contribution in [3.8, 4) is 0 Å². The molecule has 0 aliphatic carbocycles. The molecule has 1 aromatic rings. The first-order valence-corrected chi connectivity index (χ1v) is 6.40. The molecular weight excluding hydrogens is 228 g/mol. The van der Waals surface area contributed by atoms with Gasteiger partial charge < -0.3 is 15.8 Å². The van der Waals surface area contributed by atoms with Crippen LogP contribution in [0.1, 0.15) is 38.8 Å². The van der Waals surface area contributed by atoms with Crippen LogP contribution in [0.25, 0.3) is 0 Å². The summed E-state index contributed by atoms with van der Waals surface area (Å²) in [7, 11) is 0. The first-order valence-electron chi connectivity index (χ1n) is 6.40. The lowest BCUT2D eigenvalue weighted by molar-refractivity contribution is 0.318. The Bertz CT molecular complexity index is 446. The smallest absolute Gasteiger partial charge is 0.188 e. The van der Waals surface area contributed by atoms with Crippen molar-refractivity contribution in [2.24, 2.45) is 10.9 Å². The summed E-state index contributed by atoms with van der Waals surface area (Å²) in [6.07, 6.45) is 3.50. The van der Waals surface area contributed by atoms with Gasteiger partial charge in [-0.3, -0.25) is 0 Å². The molecule has 1 aliphatic heterocycles. The number of rotatable bonds is 3. The number of pyridine rings is 1. The highest BCUT2D eigenvalue weighted by atomic mass is 16.4. The first-order chi connectivity index (χ1) is 8.67. The number of hydrogen-bond donors (Lipinski definition) is 2. The van der Waals surface area contributed by atoms with Gasteiger partial charge in [0.25, 0.3) is 0 Å². The second-order valence-corrected chi connectivity index (χ2v) is 4.76. The van der Waals surface area contributed by atoms with Gasteiger partial charge in [-0.15, -0.1) is 0 Å². The summed E-state index contributed by atoms with van der Waals surface area (Å²) in [5.41, 5.74) is 6.10. The van der Waals surface area contributed by atoms with E-state index in [1.165, 1.54) is 12.8 Å². The summed E-state index contributed by atoms with van der Waals surface area (Å²) in [4.78, 5) is 6.83. The average Bonchev–Trinajstić information content (AvgIpc) is 2.79. The van der Waals surface area contributed by atoms with Crippen LogP contribution in [0.3, 0.4) is 0 Å². The quantitative estimate of drug-likeness (QED) is 0.371. The summed E-state index contributed by atoms with van der Waals surface area (Å²) in [5, 5.41) is 11.7. The molecule has 1 saturated heterocycles. The zero-order chi connectivity index (χ0) is 13.1. The Morgan fingerprint density at radius 2 is 2.33 bits per heavy atom. The molecule has 2 rings (SSSR count). The maximum Gasteiger partial charge on any atom is 0.188 e. The van der Waals surface area contributed by atoms with Crippen LogP contribution in [0.15, 0.2) is 23.4 Å². The van der Waals surface area contributed by atoms with E-state index in [4.69, 9.17) is 10.9 Å². The van der Waals surface area contributed by atoms with E-state index in [1.807, 2.05) is 12.1 Å². The Hall–Kier alpha value is -1.78. The maximum atomic E-state index is 8.70. The van der Waals surface area contributed by atoms with Gasteiger partial charge in [-0.2, -0.15) is 0 Å². The predicted octanol–water partition coefficient (Wildman–Crippen LogP) is 1.94. The van der Waals surface area contributed by atoms with Gasteiger partial charge in [0, 0.05) is 12.1 Å². The van der Waals surface area contributed by atoms with Gasteiger partial charge in [-0.25, -0.2) is 4.98 Å². The molecule has 0 aromatic carbocycles. The fraction of sp³-hybridized carbons (Fsp3) is 0.538. The standard InChI is InChI=1S/C13H20N4O/c1-3-10-8-7-9(2)17(10)12-6-4-5-11(15-12)13(14)16-18/h4-6,9-10,18H,3,7-8H2,1-2H3,(H2,14,16). The molecule has 0 bridgehead atoms. The molecule has 98 valence electrons. The van der Waals surface area contributed by atoms with Gasteiger partial charge in [0.05, 0.1) is 0 Å². The monoisotopic (exact) mass is 248 g/mol. The molecule has 0 radical (unpaired) electrons. The Morgan fingerprint density at radius 3 is 3.00 bits per heavy atom. The maximum absolute atomic E-state index is 8.70. The zero-order valence-electron chi connectivity index (χ0n) is 10.9. The van der Waals surface area contributed by atoms with Crippen LogP contribution >= 0.6 is 0 Å². The Balaban J connectivity index is 2.32. The molecule has 1 aromatic heterocycles. The molecule has 5 heteroatoms. The number of hydrogen-bond acceptors (Lipinski definition) is 4. The molecule has 0 spiro atoms. The molecule has 18 heavy (non-hydrogen) atoms. The first kappa shape index (κ1) is 12.7. The van der Waals surface area contributed by atoms with E-state index in [1.54, 1.807) is 6.07 Å². The fourth-order valence-corrected chi connectivity index (χ4v) is 2.65. The van der Waals surface area contributed by atoms with Crippen LogP contribution in [0, 0.1) is 0 Å². The number of anilines is 1. The van der Waals surface area contributed by atoms with Crippen molar-refractivity contribution in [3.05, 3.63) is 23.9 Å². The molecule has 1 fully saturated rings. The SMILES string of the molecule is CCC1CCC(C)N1c1cccc(/C(N)=N/O)n1. The van der Waals surface area contributed by atoms with E-state index in [0.717, 1.165) is 12.2 Å². The number of amidine groups is 1. The third-order valence-electron chi connectivity index (χ3n) is 3.63. The second kappa shape index (κ2) is 5.25. The van der Waals surface area contributed by atoms with E-state index in [0.29, 0.717) is 17.8 Å². The fourth-order valence-electron chi connectivity index (χ4n) is 2.65. The summed E-state index contributed by atoms with van der Waals surface area (Å²) in [5.74, 6) is 0.965. The number of nitrogens with two attached hydrogens (primary N) is 1. The lowest BCUT2D eigenvalue weighted by Gasteiger charge is -2.29. The minimum Gasteiger partial charge on any atom is -0.409 e. The van der Waals surface area contributed by atoms with Gasteiger partial charge in [-0.1, -0.05) is 18.1 Å². The zero-order valence-corrected chi connectivity index (χ0v) is 10.9. The van der Waals surface area contributed by atoms with Gasteiger partial charge >= 0.3 is 0 Å². The summed E-state index contributed by atoms with van der Waals surface area (Å²) in [6, 6.07) is 6.66. The van der Waals surface area contributed by atoms with Crippen LogP contribution in [0.5, 0.6) is 0 Å². The van der Waals surface area contributed by atoms with E-state index in [9.17, 15) is 0 Å². The van der Waals surface area contributed by atoms with Gasteiger partial charge in [0.15, 0.2) is 5.84 Å². The second-order valence-electron chi connectivity index (χ2n) is 4.76. The van der Waals surface area contributed by atoms with Crippen molar-refractivity contribution in [1.82, 2.24) is 4.98 Å². The van der Waals surface area contributed by atoms with Crippen LogP contribution < -0.4 is 10.6 Å². The molecular formula is C13H20N4O. The Morgan fingerprint density at radius 1 is 1.56 bits per heavy atom. The highest BCUT2D eigenvalue weighted by molar-refractivity contribution is 5.95. The topological polar surface area (TPSA) is 74.7 Å². The van der Waals surface area contributed by atoms with E-state index >= 15 is 0 Å². The minimum atomic E-state index is 0.0525. The summed E-state index contributed by atoms with van der Waals surface area (Å²) >= 11 is 0. The van der Waals surface area contributed by atoms with E-state index in [-0.39, 0.29) is 5.84 Å². The number of nitrogens with zero attached hydrogens (tertiary/aromatic N) is 3. The number of oxime groups is 1. The average molecular weight is 248 g/mol. The van der Waals surface area contributed by atoms with Gasteiger partial charge in [-0.05, 0) is 38.3 Å². The summed E-state index contributed by atoms with van der Waals surface area (Å²) < 4.78 is 0. The molecule has 1 aliphatic rings. The summed E-state index contributed by atoms with van der Waals surface area (Å²) in [6.45, 7) is 4.41. The highest BCUT2D eigenvalue weighted by Crippen LogP contribution is 2.30. The Kier molecular flexibility index (Phi) is 3.69. The molecule has 2 unspecified atom stereocenters. The third kappa shape index (κ3) is 2.25. The van der Waals surface area contributed by atoms with Crippen molar-refractivity contribution in [2.75, 3.05) is 4.90 Å². The van der Waals surface area contributed by atoms with E-state index in [2.05, 4.69) is 28.9 Å². The van der Waals surface area contributed by atoms with Crippen LogP contribution in [-0.4, -0.2) is 28.1 Å². The highest BCUT2D eigenvalue weighted by Gasteiger charge is 2.30. The number of aromatic nitrogens is 1. The minimum absolute atomic E-state index is 0.0525. The lowest BCUT2D eigenvalue weighted by atomic mass is 10.1. The lowest BCUT2D eigenvalue weighted by Crippen LogP contribution is -2.35. The molecule has 2 heterocycles. The third-order valence-corrected chi connectivity index (χ3v) is 3.63. The van der Waals surface area contributed by atoms with Crippen molar-refractivity contribution >= 4 is 11.7 Å².